The average Bonchev–Trinajstić information content (AvgIpc) is 2.41. The molecule has 0 amide bonds. The lowest BCUT2D eigenvalue weighted by Gasteiger charge is -2.09. The molecular formula is C15H18N2O2. The number of nitrogens with one attached hydrogen (secondary N) is 1. The largest absolute Gasteiger partial charge is 0.508 e. The molecule has 0 saturated carbocycles. The fourth-order valence-corrected chi connectivity index (χ4v) is 1.85. The van der Waals surface area contributed by atoms with E-state index in [2.05, 4.69) is 10.3 Å². The Balaban J connectivity index is 1.95. The van der Waals surface area contributed by atoms with E-state index in [1.165, 1.54) is 0 Å². The van der Waals surface area contributed by atoms with Crippen LogP contribution < -0.4 is 10.1 Å². The van der Waals surface area contributed by atoms with Crippen LogP contribution in [0.25, 0.3) is 0 Å². The third-order valence-electron chi connectivity index (χ3n) is 2.85. The second kappa shape index (κ2) is 6.20. The molecule has 0 aliphatic rings. The monoisotopic (exact) mass is 258 g/mol. The molecule has 0 fully saturated rings. The summed E-state index contributed by atoms with van der Waals surface area (Å²) in [6, 6.07) is 11.1. The van der Waals surface area contributed by atoms with Gasteiger partial charge in [-0.1, -0.05) is 6.07 Å². The number of methoxy groups -OCH3 is 1. The molecule has 0 bridgehead atoms. The lowest BCUT2D eigenvalue weighted by Crippen LogP contribution is -2.14. The molecule has 0 radical (unpaired) electrons. The van der Waals surface area contributed by atoms with Gasteiger partial charge in [-0.05, 0) is 37.3 Å². The molecule has 2 aromatic rings. The maximum Gasteiger partial charge on any atom is 0.120 e. The van der Waals surface area contributed by atoms with E-state index in [1.807, 2.05) is 31.2 Å². The van der Waals surface area contributed by atoms with E-state index in [4.69, 9.17) is 4.74 Å². The summed E-state index contributed by atoms with van der Waals surface area (Å²) in [5.74, 6) is 1.01. The topological polar surface area (TPSA) is 54.4 Å². The summed E-state index contributed by atoms with van der Waals surface area (Å²) in [6.45, 7) is 3.20. The molecular weight excluding hydrogens is 240 g/mol. The van der Waals surface area contributed by atoms with Crippen molar-refractivity contribution in [3.05, 3.63) is 53.3 Å². The van der Waals surface area contributed by atoms with Crippen LogP contribution in [-0.4, -0.2) is 17.2 Å². The van der Waals surface area contributed by atoms with Gasteiger partial charge in [0.25, 0.3) is 0 Å². The number of benzene rings is 1. The summed E-state index contributed by atoms with van der Waals surface area (Å²) in [6.07, 6.45) is 0. The van der Waals surface area contributed by atoms with E-state index in [0.29, 0.717) is 13.1 Å². The summed E-state index contributed by atoms with van der Waals surface area (Å²) < 4.78 is 5.14. The number of nitrogens with zero attached hydrogens (tertiary/aromatic N) is 1. The number of aromatic hydroxyl groups is 1. The van der Waals surface area contributed by atoms with Crippen LogP contribution in [0.5, 0.6) is 11.5 Å². The van der Waals surface area contributed by atoms with Crippen molar-refractivity contribution in [1.29, 1.82) is 0 Å². The fourth-order valence-electron chi connectivity index (χ4n) is 1.85. The van der Waals surface area contributed by atoms with Gasteiger partial charge in [0.2, 0.25) is 0 Å². The average molecular weight is 258 g/mol. The quantitative estimate of drug-likeness (QED) is 0.864. The Kier molecular flexibility index (Phi) is 4.36. The third-order valence-corrected chi connectivity index (χ3v) is 2.85. The molecule has 0 aliphatic carbocycles. The van der Waals surface area contributed by atoms with Crippen LogP contribution >= 0.6 is 0 Å². The standard InChI is InChI=1S/C15H18N2O2/c1-11-4-3-5-13(17-11)10-16-9-12-8-14(19-2)6-7-15(12)18/h3-8,16,18H,9-10H2,1-2H3. The van der Waals surface area contributed by atoms with Gasteiger partial charge in [0, 0.05) is 24.3 Å². The molecule has 1 aromatic heterocycles. The smallest absolute Gasteiger partial charge is 0.120 e. The molecule has 0 saturated heterocycles. The summed E-state index contributed by atoms with van der Waals surface area (Å²) in [5.41, 5.74) is 2.80. The first kappa shape index (κ1) is 13.4. The molecule has 0 unspecified atom stereocenters. The first-order valence-electron chi connectivity index (χ1n) is 6.18. The van der Waals surface area contributed by atoms with Crippen LogP contribution in [0.15, 0.2) is 36.4 Å². The molecule has 4 nitrogen and oxygen atoms in total. The zero-order chi connectivity index (χ0) is 13.7. The Hall–Kier alpha value is -2.07. The van der Waals surface area contributed by atoms with Crippen molar-refractivity contribution in [3.63, 3.8) is 0 Å². The van der Waals surface area contributed by atoms with Crippen molar-refractivity contribution in [1.82, 2.24) is 10.3 Å². The molecule has 2 N–H and O–H groups in total. The molecule has 1 aromatic carbocycles. The fraction of sp³-hybridized carbons (Fsp3) is 0.267. The van der Waals surface area contributed by atoms with Gasteiger partial charge < -0.3 is 15.2 Å². The van der Waals surface area contributed by atoms with Gasteiger partial charge in [-0.15, -0.1) is 0 Å². The predicted octanol–water partition coefficient (Wildman–Crippen LogP) is 2.39. The molecule has 4 heteroatoms. The van der Waals surface area contributed by atoms with E-state index in [1.54, 1.807) is 19.2 Å². The van der Waals surface area contributed by atoms with Gasteiger partial charge in [-0.25, -0.2) is 0 Å². The summed E-state index contributed by atoms with van der Waals surface area (Å²) >= 11 is 0. The highest BCUT2D eigenvalue weighted by atomic mass is 16.5. The molecule has 0 spiro atoms. The van der Waals surface area contributed by atoms with Gasteiger partial charge in [0.15, 0.2) is 0 Å². The Bertz CT molecular complexity index is 556. The maximum absolute atomic E-state index is 9.76. The van der Waals surface area contributed by atoms with Gasteiger partial charge in [0.1, 0.15) is 11.5 Å². The zero-order valence-electron chi connectivity index (χ0n) is 11.2. The number of phenols is 1. The Labute approximate surface area is 113 Å². The summed E-state index contributed by atoms with van der Waals surface area (Å²) in [5, 5.41) is 13.0. The zero-order valence-corrected chi connectivity index (χ0v) is 11.2. The van der Waals surface area contributed by atoms with E-state index < -0.39 is 0 Å². The highest BCUT2D eigenvalue weighted by molar-refractivity contribution is 5.39. The van der Waals surface area contributed by atoms with Gasteiger partial charge >= 0.3 is 0 Å². The minimum atomic E-state index is 0.269. The molecule has 2 rings (SSSR count). The lowest BCUT2D eigenvalue weighted by atomic mass is 10.2. The molecule has 100 valence electrons. The van der Waals surface area contributed by atoms with E-state index in [-0.39, 0.29) is 5.75 Å². The number of rotatable bonds is 5. The Morgan fingerprint density at radius 3 is 2.79 bits per heavy atom. The van der Waals surface area contributed by atoms with Crippen molar-refractivity contribution in [3.8, 4) is 11.5 Å². The van der Waals surface area contributed by atoms with Gasteiger partial charge in [0.05, 0.1) is 12.8 Å². The summed E-state index contributed by atoms with van der Waals surface area (Å²) in [4.78, 5) is 4.41. The van der Waals surface area contributed by atoms with Crippen LogP contribution in [0.1, 0.15) is 17.0 Å². The third kappa shape index (κ3) is 3.69. The normalized spacial score (nSPS) is 10.4. The number of phenolic OH excluding ortho intramolecular Hbond substituents is 1. The predicted molar refractivity (Wildman–Crippen MR) is 74.2 cm³/mol. The first-order valence-corrected chi connectivity index (χ1v) is 6.18. The van der Waals surface area contributed by atoms with Crippen LogP contribution in [0.3, 0.4) is 0 Å². The molecule has 19 heavy (non-hydrogen) atoms. The highest BCUT2D eigenvalue weighted by Crippen LogP contribution is 2.22. The van der Waals surface area contributed by atoms with Crippen molar-refractivity contribution < 1.29 is 9.84 Å². The van der Waals surface area contributed by atoms with Crippen molar-refractivity contribution in [2.24, 2.45) is 0 Å². The number of aryl methyl sites for hydroxylation is 1. The van der Waals surface area contributed by atoms with E-state index in [9.17, 15) is 5.11 Å². The van der Waals surface area contributed by atoms with E-state index in [0.717, 1.165) is 22.7 Å². The number of hydrogen-bond acceptors (Lipinski definition) is 4. The Morgan fingerprint density at radius 2 is 2.05 bits per heavy atom. The minimum absolute atomic E-state index is 0.269. The molecule has 1 heterocycles. The van der Waals surface area contributed by atoms with Crippen LogP contribution in [-0.2, 0) is 13.1 Å². The van der Waals surface area contributed by atoms with Crippen LogP contribution in [0.4, 0.5) is 0 Å². The van der Waals surface area contributed by atoms with Crippen molar-refractivity contribution in [2.75, 3.05) is 7.11 Å². The van der Waals surface area contributed by atoms with Crippen LogP contribution in [0, 0.1) is 6.92 Å². The summed E-state index contributed by atoms with van der Waals surface area (Å²) in [7, 11) is 1.61. The van der Waals surface area contributed by atoms with Crippen molar-refractivity contribution >= 4 is 0 Å². The number of pyridine rings is 1. The second-order valence-electron chi connectivity index (χ2n) is 4.37. The second-order valence-corrected chi connectivity index (χ2v) is 4.37. The Morgan fingerprint density at radius 1 is 1.21 bits per heavy atom. The molecule has 0 atom stereocenters. The number of hydrogen-bond donors (Lipinski definition) is 2. The highest BCUT2D eigenvalue weighted by Gasteiger charge is 2.03. The SMILES string of the molecule is COc1ccc(O)c(CNCc2cccc(C)n2)c1. The number of aromatic nitrogens is 1. The maximum atomic E-state index is 9.76. The minimum Gasteiger partial charge on any atom is -0.508 e. The number of ether oxygens (including phenoxy) is 1. The van der Waals surface area contributed by atoms with Crippen LogP contribution in [0.2, 0.25) is 0 Å². The first-order chi connectivity index (χ1) is 9.19. The molecule has 0 aliphatic heterocycles. The van der Waals surface area contributed by atoms with E-state index >= 15 is 0 Å². The lowest BCUT2D eigenvalue weighted by molar-refractivity contribution is 0.410. The van der Waals surface area contributed by atoms with Gasteiger partial charge in [-0.3, -0.25) is 4.98 Å². The van der Waals surface area contributed by atoms with Crippen molar-refractivity contribution in [2.45, 2.75) is 20.0 Å². The van der Waals surface area contributed by atoms with Gasteiger partial charge in [-0.2, -0.15) is 0 Å².